The molecule has 4 rings (SSSR count). The average Bonchev–Trinajstić information content (AvgIpc) is 3.50. The Labute approximate surface area is 175 Å². The minimum atomic E-state index is -0.286. The molecule has 0 saturated heterocycles. The molecule has 2 aromatic heterocycles. The maximum absolute atomic E-state index is 12.7. The Kier molecular flexibility index (Phi) is 5.66. The van der Waals surface area contributed by atoms with Crippen molar-refractivity contribution in [3.63, 3.8) is 0 Å². The first-order valence-corrected chi connectivity index (χ1v) is 10.1. The Morgan fingerprint density at radius 1 is 1.07 bits per heavy atom. The van der Waals surface area contributed by atoms with Crippen LogP contribution in [0.3, 0.4) is 0 Å². The molecule has 0 unspecified atom stereocenters. The molecule has 2 amide bonds. The zero-order valence-electron chi connectivity index (χ0n) is 15.5. The molecule has 9 heteroatoms. The first kappa shape index (κ1) is 19.3. The van der Waals surface area contributed by atoms with E-state index in [4.69, 9.17) is 0 Å². The largest absolute Gasteiger partial charge is 0.350 e. The van der Waals surface area contributed by atoms with Gasteiger partial charge in [0.15, 0.2) is 5.69 Å². The van der Waals surface area contributed by atoms with E-state index in [1.165, 1.54) is 6.20 Å². The lowest BCUT2D eigenvalue weighted by Gasteiger charge is -2.08. The number of amides is 2. The lowest BCUT2D eigenvalue weighted by Crippen LogP contribution is -2.35. The fourth-order valence-corrected chi connectivity index (χ4v) is 3.25. The van der Waals surface area contributed by atoms with Crippen LogP contribution in [0.2, 0.25) is 0 Å². The van der Waals surface area contributed by atoms with Crippen LogP contribution < -0.4 is 10.6 Å². The molecule has 1 saturated carbocycles. The number of rotatable bonds is 7. The Morgan fingerprint density at radius 3 is 2.45 bits per heavy atom. The summed E-state index contributed by atoms with van der Waals surface area (Å²) in [7, 11) is 0. The molecule has 148 valence electrons. The Balaban J connectivity index is 1.39. The van der Waals surface area contributed by atoms with Crippen LogP contribution in [0.15, 0.2) is 53.3 Å². The maximum atomic E-state index is 12.7. The van der Waals surface area contributed by atoms with Gasteiger partial charge in [0.05, 0.1) is 16.9 Å². The van der Waals surface area contributed by atoms with Gasteiger partial charge in [-0.15, -0.1) is 5.10 Å². The van der Waals surface area contributed by atoms with Crippen LogP contribution in [0, 0.1) is 0 Å². The Bertz CT molecular complexity index is 1020. The highest BCUT2D eigenvalue weighted by Crippen LogP contribution is 2.42. The number of aromatic nitrogens is 4. The van der Waals surface area contributed by atoms with Crippen LogP contribution in [0.5, 0.6) is 0 Å². The lowest BCUT2D eigenvalue weighted by molar-refractivity contribution is 0.0924. The van der Waals surface area contributed by atoms with E-state index >= 15 is 0 Å². The van der Waals surface area contributed by atoms with Crippen LogP contribution in [-0.2, 0) is 0 Å². The summed E-state index contributed by atoms with van der Waals surface area (Å²) >= 11 is 3.42. The molecule has 1 aliphatic carbocycles. The normalized spacial score (nSPS) is 13.1. The van der Waals surface area contributed by atoms with Crippen molar-refractivity contribution >= 4 is 27.7 Å². The van der Waals surface area contributed by atoms with E-state index in [0.717, 1.165) is 28.7 Å². The molecule has 0 atom stereocenters. The van der Waals surface area contributed by atoms with Crippen LogP contribution in [0.25, 0.3) is 5.69 Å². The van der Waals surface area contributed by atoms with Gasteiger partial charge in [-0.3, -0.25) is 14.6 Å². The molecule has 1 aliphatic rings. The molecule has 0 spiro atoms. The van der Waals surface area contributed by atoms with Crippen molar-refractivity contribution in [1.82, 2.24) is 30.6 Å². The first-order valence-electron chi connectivity index (χ1n) is 9.31. The van der Waals surface area contributed by atoms with Crippen molar-refractivity contribution in [3.8, 4) is 5.69 Å². The number of nitrogens with zero attached hydrogens (tertiary/aromatic N) is 4. The second kappa shape index (κ2) is 8.52. The summed E-state index contributed by atoms with van der Waals surface area (Å²) in [4.78, 5) is 28.6. The van der Waals surface area contributed by atoms with Crippen LogP contribution in [-0.4, -0.2) is 44.9 Å². The third-order valence-corrected chi connectivity index (χ3v) is 5.10. The quantitative estimate of drug-likeness (QED) is 0.533. The molecule has 8 nitrogen and oxygen atoms in total. The number of carbonyl (C=O) groups is 2. The van der Waals surface area contributed by atoms with Gasteiger partial charge in [-0.25, -0.2) is 4.68 Å². The monoisotopic (exact) mass is 454 g/mol. The summed E-state index contributed by atoms with van der Waals surface area (Å²) in [5, 5.41) is 13.9. The number of halogens is 1. The third-order valence-electron chi connectivity index (χ3n) is 4.58. The topological polar surface area (TPSA) is 102 Å². The molecule has 3 aromatic rings. The van der Waals surface area contributed by atoms with Gasteiger partial charge in [0, 0.05) is 35.9 Å². The summed E-state index contributed by atoms with van der Waals surface area (Å²) in [6.45, 7) is 0.596. The van der Waals surface area contributed by atoms with E-state index < -0.39 is 0 Å². The van der Waals surface area contributed by atoms with Gasteiger partial charge in [-0.05, 0) is 49.2 Å². The van der Waals surface area contributed by atoms with Gasteiger partial charge in [0.25, 0.3) is 11.8 Å². The summed E-state index contributed by atoms with van der Waals surface area (Å²) in [5.41, 5.74) is 2.52. The minimum absolute atomic E-state index is 0.229. The number of benzene rings is 1. The van der Waals surface area contributed by atoms with Crippen molar-refractivity contribution in [3.05, 3.63) is 70.2 Å². The second-order valence-electron chi connectivity index (χ2n) is 6.74. The minimum Gasteiger partial charge on any atom is -0.350 e. The lowest BCUT2D eigenvalue weighted by atomic mass is 10.2. The van der Waals surface area contributed by atoms with Gasteiger partial charge >= 0.3 is 0 Å². The number of hydrogen-bond donors (Lipinski definition) is 2. The maximum Gasteiger partial charge on any atom is 0.273 e. The average molecular weight is 455 g/mol. The highest BCUT2D eigenvalue weighted by atomic mass is 79.9. The van der Waals surface area contributed by atoms with Crippen molar-refractivity contribution in [2.75, 3.05) is 13.1 Å². The Hall–Kier alpha value is -3.07. The van der Waals surface area contributed by atoms with E-state index in [1.54, 1.807) is 23.0 Å². The molecule has 0 aliphatic heterocycles. The SMILES string of the molecule is O=C(NCCNC(=O)c1nnn(-c2ccc(Br)cc2)c1C1CC1)c1cccnc1. The van der Waals surface area contributed by atoms with E-state index in [-0.39, 0.29) is 11.8 Å². The molecule has 2 N–H and O–H groups in total. The predicted octanol–water partition coefficient (Wildman–Crippen LogP) is 2.46. The molecule has 0 radical (unpaired) electrons. The molecular weight excluding hydrogens is 436 g/mol. The second-order valence-corrected chi connectivity index (χ2v) is 7.65. The fourth-order valence-electron chi connectivity index (χ4n) is 2.98. The number of pyridine rings is 1. The summed E-state index contributed by atoms with van der Waals surface area (Å²) in [6.07, 6.45) is 5.14. The third kappa shape index (κ3) is 4.51. The van der Waals surface area contributed by atoms with E-state index in [0.29, 0.717) is 30.3 Å². The summed E-state index contributed by atoms with van der Waals surface area (Å²) in [5.74, 6) is -0.224. The molecular formula is C20H19BrN6O2. The number of carbonyl (C=O) groups excluding carboxylic acids is 2. The van der Waals surface area contributed by atoms with Crippen molar-refractivity contribution in [1.29, 1.82) is 0 Å². The van der Waals surface area contributed by atoms with Gasteiger partial charge in [-0.1, -0.05) is 21.1 Å². The van der Waals surface area contributed by atoms with Gasteiger partial charge in [0.1, 0.15) is 0 Å². The smallest absolute Gasteiger partial charge is 0.273 e. The highest BCUT2D eigenvalue weighted by Gasteiger charge is 2.34. The standard InChI is InChI=1S/C20H19BrN6O2/c21-15-5-7-16(8-6-15)27-18(13-3-4-13)17(25-26-27)20(29)24-11-10-23-19(28)14-2-1-9-22-12-14/h1-2,5-9,12-13H,3-4,10-11H2,(H,23,28)(H,24,29). The zero-order chi connectivity index (χ0) is 20.2. The molecule has 2 heterocycles. The van der Waals surface area contributed by atoms with Gasteiger partial charge in [-0.2, -0.15) is 0 Å². The van der Waals surface area contributed by atoms with Crippen LogP contribution >= 0.6 is 15.9 Å². The number of nitrogens with one attached hydrogen (secondary N) is 2. The molecule has 1 aromatic carbocycles. The van der Waals surface area contributed by atoms with Crippen LogP contribution in [0.1, 0.15) is 45.3 Å². The van der Waals surface area contributed by atoms with Crippen molar-refractivity contribution in [2.45, 2.75) is 18.8 Å². The number of hydrogen-bond acceptors (Lipinski definition) is 5. The Morgan fingerprint density at radius 2 is 1.79 bits per heavy atom. The van der Waals surface area contributed by atoms with E-state index in [1.807, 2.05) is 24.3 Å². The van der Waals surface area contributed by atoms with E-state index in [2.05, 4.69) is 41.9 Å². The van der Waals surface area contributed by atoms with Gasteiger partial charge < -0.3 is 10.6 Å². The summed E-state index contributed by atoms with van der Waals surface area (Å²) < 4.78 is 2.71. The fraction of sp³-hybridized carbons (Fsp3) is 0.250. The van der Waals surface area contributed by atoms with Crippen molar-refractivity contribution in [2.24, 2.45) is 0 Å². The van der Waals surface area contributed by atoms with E-state index in [9.17, 15) is 9.59 Å². The molecule has 1 fully saturated rings. The first-order chi connectivity index (χ1) is 14.1. The zero-order valence-corrected chi connectivity index (χ0v) is 17.1. The van der Waals surface area contributed by atoms with Crippen molar-refractivity contribution < 1.29 is 9.59 Å². The van der Waals surface area contributed by atoms with Crippen LogP contribution in [0.4, 0.5) is 0 Å². The van der Waals surface area contributed by atoms with Gasteiger partial charge in [0.2, 0.25) is 0 Å². The predicted molar refractivity (Wildman–Crippen MR) is 110 cm³/mol. The molecule has 0 bridgehead atoms. The summed E-state index contributed by atoms with van der Waals surface area (Å²) in [6, 6.07) is 11.1. The molecule has 29 heavy (non-hydrogen) atoms. The highest BCUT2D eigenvalue weighted by molar-refractivity contribution is 9.10.